The topological polar surface area (TPSA) is 26.3 Å². The van der Waals surface area contributed by atoms with Gasteiger partial charge in [-0.3, -0.25) is 0 Å². The first kappa shape index (κ1) is 20.3. The molecule has 0 bridgehead atoms. The Hall–Kier alpha value is -1.57. The molecular weight excluding hydrogens is 368 g/mol. The van der Waals surface area contributed by atoms with E-state index >= 15 is 0 Å². The molecule has 0 saturated heterocycles. The first-order valence-corrected chi connectivity index (χ1v) is 12.4. The summed E-state index contributed by atoms with van der Waals surface area (Å²) in [5.74, 6) is 5.02. The van der Waals surface area contributed by atoms with Crippen molar-refractivity contribution in [1.29, 1.82) is 0 Å². The average Bonchev–Trinajstić information content (AvgIpc) is 3.19. The van der Waals surface area contributed by atoms with Crippen molar-refractivity contribution in [3.8, 4) is 0 Å². The highest BCUT2D eigenvalue weighted by molar-refractivity contribution is 5.89. The van der Waals surface area contributed by atoms with E-state index < -0.39 is 0 Å². The molecular formula is C28H38O2. The van der Waals surface area contributed by atoms with E-state index in [9.17, 15) is 4.79 Å². The smallest absolute Gasteiger partial charge is 0.338 e. The van der Waals surface area contributed by atoms with Crippen molar-refractivity contribution >= 4 is 5.97 Å². The zero-order chi connectivity index (χ0) is 20.9. The van der Waals surface area contributed by atoms with Crippen LogP contribution >= 0.6 is 0 Å². The maximum Gasteiger partial charge on any atom is 0.338 e. The lowest BCUT2D eigenvalue weighted by Crippen LogP contribution is -2.52. The molecule has 162 valence electrons. The second-order valence-electron chi connectivity index (χ2n) is 11.2. The van der Waals surface area contributed by atoms with Gasteiger partial charge in [-0.15, -0.1) is 0 Å². The van der Waals surface area contributed by atoms with E-state index in [0.29, 0.717) is 11.0 Å². The van der Waals surface area contributed by atoms with Crippen LogP contribution in [0.15, 0.2) is 42.5 Å². The minimum absolute atomic E-state index is 0.1000. The van der Waals surface area contributed by atoms with E-state index in [1.807, 2.05) is 30.3 Å². The van der Waals surface area contributed by atoms with Crippen LogP contribution in [0, 0.1) is 40.9 Å². The van der Waals surface area contributed by atoms with E-state index in [1.165, 1.54) is 50.5 Å². The standard InChI is InChI=1S/C28H38O2/c1-18(2)22-11-12-24-23(22)13-14-26-25(24)10-9-20-17-21(15-16-28(20,26)3)30-27(29)19-7-5-4-6-8-19/h4-8,20-26H,1,9-17H2,2-3H3/t20-,21+,22-,23-,24?,25?,26?,28+/m1/s1. The van der Waals surface area contributed by atoms with E-state index in [1.54, 1.807) is 0 Å². The lowest BCUT2D eigenvalue weighted by molar-refractivity contribution is -0.110. The zero-order valence-electron chi connectivity index (χ0n) is 18.8. The molecule has 5 rings (SSSR count). The minimum Gasteiger partial charge on any atom is -0.459 e. The molecule has 0 aromatic heterocycles. The van der Waals surface area contributed by atoms with Crippen LogP contribution in [-0.2, 0) is 4.74 Å². The first-order chi connectivity index (χ1) is 14.5. The van der Waals surface area contributed by atoms with Crippen molar-refractivity contribution in [1.82, 2.24) is 0 Å². The van der Waals surface area contributed by atoms with E-state index in [0.717, 1.165) is 48.3 Å². The molecule has 2 heteroatoms. The molecule has 4 saturated carbocycles. The van der Waals surface area contributed by atoms with Gasteiger partial charge in [-0.05, 0) is 118 Å². The molecule has 1 aromatic rings. The van der Waals surface area contributed by atoms with Gasteiger partial charge in [0.05, 0.1) is 5.56 Å². The van der Waals surface area contributed by atoms with Gasteiger partial charge >= 0.3 is 5.97 Å². The van der Waals surface area contributed by atoms with Gasteiger partial charge in [0, 0.05) is 0 Å². The highest BCUT2D eigenvalue weighted by atomic mass is 16.5. The van der Waals surface area contributed by atoms with Gasteiger partial charge < -0.3 is 4.74 Å². The van der Waals surface area contributed by atoms with Crippen LogP contribution in [0.25, 0.3) is 0 Å². The number of allylic oxidation sites excluding steroid dienone is 1. The summed E-state index contributed by atoms with van der Waals surface area (Å²) >= 11 is 0. The number of carbonyl (C=O) groups excluding carboxylic acids is 1. The molecule has 0 spiro atoms. The molecule has 30 heavy (non-hydrogen) atoms. The Morgan fingerprint density at radius 3 is 2.47 bits per heavy atom. The Bertz CT molecular complexity index is 798. The zero-order valence-corrected chi connectivity index (χ0v) is 18.8. The second-order valence-corrected chi connectivity index (χ2v) is 11.2. The van der Waals surface area contributed by atoms with Crippen LogP contribution in [0.4, 0.5) is 0 Å². The lowest BCUT2D eigenvalue weighted by atomic mass is 9.47. The fourth-order valence-corrected chi connectivity index (χ4v) is 8.39. The Morgan fingerprint density at radius 1 is 0.967 bits per heavy atom. The largest absolute Gasteiger partial charge is 0.459 e. The lowest BCUT2D eigenvalue weighted by Gasteiger charge is -2.59. The van der Waals surface area contributed by atoms with Crippen molar-refractivity contribution in [3.63, 3.8) is 0 Å². The van der Waals surface area contributed by atoms with Crippen LogP contribution in [-0.4, -0.2) is 12.1 Å². The summed E-state index contributed by atoms with van der Waals surface area (Å²) < 4.78 is 5.97. The van der Waals surface area contributed by atoms with Crippen LogP contribution < -0.4 is 0 Å². The Balaban J connectivity index is 1.26. The molecule has 0 N–H and O–H groups in total. The third-order valence-electron chi connectivity index (χ3n) is 9.85. The molecule has 0 aliphatic heterocycles. The van der Waals surface area contributed by atoms with Crippen molar-refractivity contribution in [2.24, 2.45) is 40.9 Å². The van der Waals surface area contributed by atoms with Gasteiger partial charge in [0.15, 0.2) is 0 Å². The molecule has 0 heterocycles. The number of esters is 1. The number of carbonyl (C=O) groups is 1. The third kappa shape index (κ3) is 3.35. The third-order valence-corrected chi connectivity index (χ3v) is 9.85. The number of benzene rings is 1. The van der Waals surface area contributed by atoms with Gasteiger partial charge in [-0.25, -0.2) is 4.79 Å². The van der Waals surface area contributed by atoms with Gasteiger partial charge in [0.2, 0.25) is 0 Å². The Morgan fingerprint density at radius 2 is 1.70 bits per heavy atom. The number of fused-ring (bicyclic) bond motifs is 5. The van der Waals surface area contributed by atoms with Crippen molar-refractivity contribution in [3.05, 3.63) is 48.0 Å². The van der Waals surface area contributed by atoms with Gasteiger partial charge in [0.25, 0.3) is 0 Å². The number of hydrogen-bond acceptors (Lipinski definition) is 2. The summed E-state index contributed by atoms with van der Waals surface area (Å²) in [6.07, 6.45) is 11.8. The molecule has 2 nitrogen and oxygen atoms in total. The number of hydrogen-bond donors (Lipinski definition) is 0. The van der Waals surface area contributed by atoms with E-state index in [-0.39, 0.29) is 12.1 Å². The predicted molar refractivity (Wildman–Crippen MR) is 121 cm³/mol. The van der Waals surface area contributed by atoms with Gasteiger partial charge in [-0.1, -0.05) is 37.3 Å². The molecule has 8 atom stereocenters. The normalized spacial score (nSPS) is 42.5. The van der Waals surface area contributed by atoms with Crippen LogP contribution in [0.5, 0.6) is 0 Å². The Kier molecular flexibility index (Phi) is 5.32. The van der Waals surface area contributed by atoms with Crippen molar-refractivity contribution < 1.29 is 9.53 Å². The van der Waals surface area contributed by atoms with Crippen LogP contribution in [0.1, 0.15) is 82.0 Å². The maximum atomic E-state index is 12.6. The van der Waals surface area contributed by atoms with Crippen LogP contribution in [0.3, 0.4) is 0 Å². The fourth-order valence-electron chi connectivity index (χ4n) is 8.39. The summed E-state index contributed by atoms with van der Waals surface area (Å²) in [5, 5.41) is 0. The van der Waals surface area contributed by atoms with Crippen LogP contribution in [0.2, 0.25) is 0 Å². The molecule has 1 aromatic carbocycles. The first-order valence-electron chi connectivity index (χ1n) is 12.4. The number of ether oxygens (including phenoxy) is 1. The molecule has 0 radical (unpaired) electrons. The van der Waals surface area contributed by atoms with E-state index in [2.05, 4.69) is 20.4 Å². The fraction of sp³-hybridized carbons (Fsp3) is 0.679. The SMILES string of the molecule is C=C(C)[C@H]1CCC2C3CC[C@@H]4C[C@@H](OC(=O)c5ccccc5)CC[C@]4(C)C3CC[C@@H]21. The molecule has 3 unspecified atom stereocenters. The van der Waals surface area contributed by atoms with E-state index in [4.69, 9.17) is 4.74 Å². The number of rotatable bonds is 3. The molecule has 4 aliphatic carbocycles. The van der Waals surface area contributed by atoms with Gasteiger partial charge in [0.1, 0.15) is 6.10 Å². The quantitative estimate of drug-likeness (QED) is 0.397. The maximum absolute atomic E-state index is 12.6. The monoisotopic (exact) mass is 406 g/mol. The highest BCUT2D eigenvalue weighted by Gasteiger charge is 2.56. The van der Waals surface area contributed by atoms with Crippen molar-refractivity contribution in [2.75, 3.05) is 0 Å². The Labute approximate surface area is 182 Å². The molecule has 4 fully saturated rings. The summed E-state index contributed by atoms with van der Waals surface area (Å²) in [4.78, 5) is 12.6. The average molecular weight is 407 g/mol. The highest BCUT2D eigenvalue weighted by Crippen LogP contribution is 2.64. The summed E-state index contributed by atoms with van der Waals surface area (Å²) in [5.41, 5.74) is 2.56. The summed E-state index contributed by atoms with van der Waals surface area (Å²) in [7, 11) is 0. The van der Waals surface area contributed by atoms with Gasteiger partial charge in [-0.2, -0.15) is 0 Å². The van der Waals surface area contributed by atoms with Crippen molar-refractivity contribution in [2.45, 2.75) is 77.7 Å². The predicted octanol–water partition coefficient (Wildman–Crippen LogP) is 7.06. The second kappa shape index (κ2) is 7.84. The molecule has 4 aliphatic rings. The molecule has 0 amide bonds. The summed E-state index contributed by atoms with van der Waals surface area (Å²) in [6, 6.07) is 9.48. The minimum atomic E-state index is -0.143. The summed E-state index contributed by atoms with van der Waals surface area (Å²) in [6.45, 7) is 9.18.